The van der Waals surface area contributed by atoms with E-state index in [1.54, 1.807) is 71.9 Å². The molecule has 0 aromatic heterocycles. The highest BCUT2D eigenvalue weighted by molar-refractivity contribution is 5.98. The number of benzene rings is 1. The molecule has 0 spiro atoms. The van der Waals surface area contributed by atoms with Gasteiger partial charge in [-0.3, -0.25) is 52.9 Å². The van der Waals surface area contributed by atoms with Crippen molar-refractivity contribution in [2.75, 3.05) is 19.7 Å². The second-order valence-corrected chi connectivity index (χ2v) is 20.5. The van der Waals surface area contributed by atoms with Gasteiger partial charge in [-0.15, -0.1) is 0 Å². The van der Waals surface area contributed by atoms with Crippen LogP contribution in [0.15, 0.2) is 35.3 Å². The summed E-state index contributed by atoms with van der Waals surface area (Å²) in [6.07, 6.45) is -1.25. The number of aliphatic carboxylic acids is 3. The molecule has 8 amide bonds. The van der Waals surface area contributed by atoms with Gasteiger partial charge in [-0.05, 0) is 87.6 Å². The molecule has 0 aliphatic heterocycles. The van der Waals surface area contributed by atoms with E-state index >= 15 is 0 Å². The second kappa shape index (κ2) is 37.4. The Morgan fingerprint density at radius 3 is 1.31 bits per heavy atom. The minimum absolute atomic E-state index is 0.00995. The van der Waals surface area contributed by atoms with Gasteiger partial charge in [0.25, 0.3) is 0 Å². The number of hydrogen-bond acceptors (Lipinski definition) is 15. The molecule has 0 aliphatic rings. The van der Waals surface area contributed by atoms with E-state index in [1.807, 2.05) is 0 Å². The van der Waals surface area contributed by atoms with Crippen molar-refractivity contribution in [1.29, 1.82) is 0 Å². The Morgan fingerprint density at radius 2 is 0.912 bits per heavy atom. The average Bonchev–Trinajstić information content (AvgIpc) is 3.39. The molecule has 28 nitrogen and oxygen atoms in total. The first-order chi connectivity index (χ1) is 37.6. The number of aliphatic hydroxyl groups is 1. The standard InChI is InChI=1S/C52H87N13O15/c1-7-30(6)42(51(79)80)65-47(75)34(17-13-23-57-52(55)56)60-44(72)33(16-11-12-22-53)59-45(73)36(19-21-41(69)70)61-48(76)37(24-28(2)3)62-49(77)38(25-29(4)5)63-50(78)39(26-31-14-9-8-10-15-31)64-46(74)35(18-20-40(67)68)58-43(71)32(54)27-66/h8-10,14-15,28-30,32-39,42,66H,7,11-13,16-27,53-54H2,1-6H3,(H,58,71)(H,59,73)(H,60,72)(H,61,76)(H,62,77)(H,63,78)(H,64,74)(H,65,75)(H,67,68)(H,69,70)(H,79,80)(H4,55,56,57)/t30?,32-,33-,34-,35-,36-,37-,38-,39-,42-/m0/s1. The summed E-state index contributed by atoms with van der Waals surface area (Å²) in [5.74, 6) is -12.6. The highest BCUT2D eigenvalue weighted by Gasteiger charge is 2.36. The van der Waals surface area contributed by atoms with Crippen LogP contribution in [0, 0.1) is 17.8 Å². The van der Waals surface area contributed by atoms with E-state index in [1.165, 1.54) is 0 Å². The van der Waals surface area contributed by atoms with Crippen LogP contribution in [0.4, 0.5) is 0 Å². The lowest BCUT2D eigenvalue weighted by molar-refractivity contribution is -0.144. The maximum atomic E-state index is 14.3. The molecule has 80 heavy (non-hydrogen) atoms. The number of rotatable bonds is 40. The van der Waals surface area contributed by atoms with Crippen molar-refractivity contribution in [2.24, 2.45) is 45.7 Å². The van der Waals surface area contributed by atoms with Gasteiger partial charge < -0.3 is 85.9 Å². The number of carbonyl (C=O) groups excluding carboxylic acids is 8. The maximum absolute atomic E-state index is 14.3. The number of aliphatic hydroxyl groups excluding tert-OH is 1. The number of hydrogen-bond donors (Lipinski definition) is 16. The fourth-order valence-corrected chi connectivity index (χ4v) is 8.00. The molecule has 20 N–H and O–H groups in total. The molecule has 0 heterocycles. The Balaban J connectivity index is 3.64. The van der Waals surface area contributed by atoms with Crippen molar-refractivity contribution >= 4 is 71.1 Å². The summed E-state index contributed by atoms with van der Waals surface area (Å²) in [7, 11) is 0. The predicted molar refractivity (Wildman–Crippen MR) is 293 cm³/mol. The third kappa shape index (κ3) is 27.9. The summed E-state index contributed by atoms with van der Waals surface area (Å²) in [5.41, 5.74) is 22.8. The van der Waals surface area contributed by atoms with Gasteiger partial charge >= 0.3 is 17.9 Å². The molecule has 450 valence electrons. The Bertz CT molecular complexity index is 2230. The number of amides is 8. The van der Waals surface area contributed by atoms with Crippen LogP contribution in [0.5, 0.6) is 0 Å². The Labute approximate surface area is 466 Å². The first-order valence-electron chi connectivity index (χ1n) is 26.9. The molecular weight excluding hydrogens is 1050 g/mol. The molecule has 1 aromatic carbocycles. The number of unbranched alkanes of at least 4 members (excludes halogenated alkanes) is 1. The van der Waals surface area contributed by atoms with Gasteiger partial charge in [0, 0.05) is 25.8 Å². The molecule has 0 bridgehead atoms. The third-order valence-electron chi connectivity index (χ3n) is 12.6. The van der Waals surface area contributed by atoms with Crippen LogP contribution in [-0.2, 0) is 59.2 Å². The molecule has 0 saturated heterocycles. The van der Waals surface area contributed by atoms with Crippen LogP contribution in [0.3, 0.4) is 0 Å². The zero-order valence-electron chi connectivity index (χ0n) is 46.7. The number of guanidine groups is 1. The zero-order valence-corrected chi connectivity index (χ0v) is 46.7. The summed E-state index contributed by atoms with van der Waals surface area (Å²) >= 11 is 0. The van der Waals surface area contributed by atoms with Crippen LogP contribution in [-0.4, -0.2) is 166 Å². The summed E-state index contributed by atoms with van der Waals surface area (Å²) in [6.45, 7) is 9.81. The van der Waals surface area contributed by atoms with Crippen LogP contribution in [0.25, 0.3) is 0 Å². The molecule has 1 aromatic rings. The summed E-state index contributed by atoms with van der Waals surface area (Å²) in [4.78, 5) is 151. The first-order valence-corrected chi connectivity index (χ1v) is 26.9. The molecule has 10 atom stereocenters. The molecular formula is C52H87N13O15. The molecule has 1 unspecified atom stereocenters. The minimum atomic E-state index is -1.63. The predicted octanol–water partition coefficient (Wildman–Crippen LogP) is -2.44. The molecule has 0 radical (unpaired) electrons. The summed E-state index contributed by atoms with van der Waals surface area (Å²) < 4.78 is 0. The van der Waals surface area contributed by atoms with Crippen molar-refractivity contribution < 1.29 is 73.2 Å². The van der Waals surface area contributed by atoms with E-state index in [4.69, 9.17) is 22.9 Å². The van der Waals surface area contributed by atoms with Crippen molar-refractivity contribution in [3.63, 3.8) is 0 Å². The van der Waals surface area contributed by atoms with Gasteiger partial charge in [0.15, 0.2) is 5.96 Å². The number of carboxylic acids is 3. The van der Waals surface area contributed by atoms with E-state index in [0.29, 0.717) is 18.4 Å². The SMILES string of the molecule is CCC(C)[C@H](NC(=O)[C@H](CCCN=C(N)N)NC(=O)[C@H](CCCCN)NC(=O)[C@H](CCC(=O)O)NC(=O)[C@H](CC(C)C)NC(=O)[C@H](CC(C)C)NC(=O)[C@H](Cc1ccccc1)NC(=O)[C@H](CCC(=O)O)NC(=O)[C@@H](N)CO)C(=O)O. The topological polar surface area (TPSA) is 481 Å². The van der Waals surface area contributed by atoms with Crippen LogP contribution in [0.1, 0.15) is 124 Å². The lowest BCUT2D eigenvalue weighted by Crippen LogP contribution is -2.61. The van der Waals surface area contributed by atoms with Gasteiger partial charge in [-0.25, -0.2) is 4.79 Å². The molecule has 28 heteroatoms. The van der Waals surface area contributed by atoms with Gasteiger partial charge in [0.2, 0.25) is 47.3 Å². The smallest absolute Gasteiger partial charge is 0.326 e. The highest BCUT2D eigenvalue weighted by atomic mass is 16.4. The van der Waals surface area contributed by atoms with Gasteiger partial charge in [-0.1, -0.05) is 78.3 Å². The van der Waals surface area contributed by atoms with Crippen LogP contribution >= 0.6 is 0 Å². The van der Waals surface area contributed by atoms with Crippen molar-refractivity contribution in [3.05, 3.63) is 35.9 Å². The fraction of sp³-hybridized carbons (Fsp3) is 0.654. The minimum Gasteiger partial charge on any atom is -0.481 e. The Hall–Kier alpha value is -7.46. The maximum Gasteiger partial charge on any atom is 0.326 e. The lowest BCUT2D eigenvalue weighted by Gasteiger charge is -2.29. The molecule has 0 aliphatic carbocycles. The number of aliphatic imine (C=N–C) groups is 1. The Kier molecular flexibility index (Phi) is 33.0. The average molecular weight is 1130 g/mol. The van der Waals surface area contributed by atoms with Gasteiger partial charge in [0.05, 0.1) is 6.61 Å². The molecule has 1 rings (SSSR count). The quantitative estimate of drug-likeness (QED) is 0.0184. The largest absolute Gasteiger partial charge is 0.481 e. The number of nitrogens with zero attached hydrogens (tertiary/aromatic N) is 1. The zero-order chi connectivity index (χ0) is 60.6. The van der Waals surface area contributed by atoms with Crippen molar-refractivity contribution in [2.45, 2.75) is 179 Å². The summed E-state index contributed by atoms with van der Waals surface area (Å²) in [6, 6.07) is -4.50. The van der Waals surface area contributed by atoms with Crippen molar-refractivity contribution in [3.8, 4) is 0 Å². The Morgan fingerprint density at radius 1 is 0.525 bits per heavy atom. The first kappa shape index (κ1) is 70.6. The fourth-order valence-electron chi connectivity index (χ4n) is 8.00. The van der Waals surface area contributed by atoms with E-state index in [2.05, 4.69) is 47.5 Å². The normalized spacial score (nSPS) is 14.9. The van der Waals surface area contributed by atoms with Gasteiger partial charge in [0.1, 0.15) is 54.4 Å². The van der Waals surface area contributed by atoms with Crippen LogP contribution < -0.4 is 65.5 Å². The second-order valence-electron chi connectivity index (χ2n) is 20.5. The van der Waals surface area contributed by atoms with E-state index in [-0.39, 0.29) is 75.8 Å². The van der Waals surface area contributed by atoms with Crippen molar-refractivity contribution in [1.82, 2.24) is 42.5 Å². The number of carboxylic acid groups (broad SMARTS) is 3. The van der Waals surface area contributed by atoms with E-state index < -0.39 is 158 Å². The monoisotopic (exact) mass is 1130 g/mol. The van der Waals surface area contributed by atoms with E-state index in [0.717, 1.165) is 0 Å². The molecule has 0 saturated carbocycles. The van der Waals surface area contributed by atoms with Crippen LogP contribution in [0.2, 0.25) is 0 Å². The summed E-state index contributed by atoms with van der Waals surface area (Å²) in [5, 5.41) is 58.7. The number of nitrogens with one attached hydrogen (secondary N) is 8. The van der Waals surface area contributed by atoms with Gasteiger partial charge in [-0.2, -0.15) is 0 Å². The lowest BCUT2D eigenvalue weighted by atomic mass is 9.98. The number of nitrogens with two attached hydrogens (primary N) is 4. The number of carbonyl (C=O) groups is 11. The van der Waals surface area contributed by atoms with E-state index in [9.17, 15) is 73.2 Å². The highest BCUT2D eigenvalue weighted by Crippen LogP contribution is 2.14. The molecule has 0 fully saturated rings. The third-order valence-corrected chi connectivity index (χ3v) is 12.6.